The predicted octanol–water partition coefficient (Wildman–Crippen LogP) is 2.83. The Labute approximate surface area is 134 Å². The predicted molar refractivity (Wildman–Crippen MR) is 92.6 cm³/mol. The minimum Gasteiger partial charge on any atom is -0.398 e. The largest absolute Gasteiger partial charge is 0.398 e. The molecular weight excluding hydrogens is 286 g/mol. The van der Waals surface area contributed by atoms with E-state index < -0.39 is 0 Å². The molecule has 1 atom stereocenters. The van der Waals surface area contributed by atoms with E-state index in [-0.39, 0.29) is 11.8 Å². The average Bonchev–Trinajstić information content (AvgIpc) is 2.88. The van der Waals surface area contributed by atoms with Gasteiger partial charge in [0, 0.05) is 41.4 Å². The molecule has 4 heteroatoms. The van der Waals surface area contributed by atoms with E-state index in [9.17, 15) is 4.79 Å². The van der Waals surface area contributed by atoms with Crippen molar-refractivity contribution in [2.24, 2.45) is 7.05 Å². The van der Waals surface area contributed by atoms with Gasteiger partial charge in [-0.05, 0) is 30.2 Å². The molecule has 3 aromatic rings. The third-order valence-electron chi connectivity index (χ3n) is 4.75. The lowest BCUT2D eigenvalue weighted by atomic mass is 9.93. The molecule has 0 spiro atoms. The van der Waals surface area contributed by atoms with Crippen LogP contribution in [0.4, 0.5) is 5.69 Å². The molecule has 0 fully saturated rings. The zero-order chi connectivity index (χ0) is 16.0. The highest BCUT2D eigenvalue weighted by Gasteiger charge is 2.32. The standard InChI is InChI=1S/C19H19N3O/c1-22-16-9-5-3-6-12(16)13-10-11-21-17(18(13)22)19(23)14-7-2-4-8-15(14)20/h2-9,17,21H,10-11,20H2,1H3. The van der Waals surface area contributed by atoms with E-state index in [4.69, 9.17) is 5.73 Å². The van der Waals surface area contributed by atoms with Gasteiger partial charge >= 0.3 is 0 Å². The first-order valence-electron chi connectivity index (χ1n) is 7.87. The normalized spacial score (nSPS) is 17.2. The van der Waals surface area contributed by atoms with E-state index in [1.54, 1.807) is 12.1 Å². The molecule has 3 N–H and O–H groups in total. The van der Waals surface area contributed by atoms with Crippen LogP contribution in [0.15, 0.2) is 48.5 Å². The van der Waals surface area contributed by atoms with Crippen LogP contribution >= 0.6 is 0 Å². The molecule has 1 aromatic heterocycles. The van der Waals surface area contributed by atoms with E-state index in [2.05, 4.69) is 28.1 Å². The number of ketones is 1. The summed E-state index contributed by atoms with van der Waals surface area (Å²) in [5, 5.41) is 4.62. The van der Waals surface area contributed by atoms with Crippen LogP contribution < -0.4 is 11.1 Å². The van der Waals surface area contributed by atoms with Crippen LogP contribution in [0.1, 0.15) is 27.7 Å². The number of aryl methyl sites for hydroxylation is 1. The first kappa shape index (κ1) is 14.0. The molecule has 0 radical (unpaired) electrons. The van der Waals surface area contributed by atoms with Gasteiger partial charge in [-0.15, -0.1) is 0 Å². The second-order valence-corrected chi connectivity index (χ2v) is 6.03. The number of hydrogen-bond donors (Lipinski definition) is 2. The number of para-hydroxylation sites is 2. The minimum absolute atomic E-state index is 0.0370. The quantitative estimate of drug-likeness (QED) is 0.565. The SMILES string of the molecule is Cn1c2c(c3ccccc31)CCNC2C(=O)c1ccccc1N. The summed E-state index contributed by atoms with van der Waals surface area (Å²) in [6.45, 7) is 0.796. The molecule has 0 saturated heterocycles. The third kappa shape index (κ3) is 2.06. The number of aromatic nitrogens is 1. The molecule has 0 saturated carbocycles. The number of nitrogens with one attached hydrogen (secondary N) is 1. The van der Waals surface area contributed by atoms with Crippen LogP contribution in [0.5, 0.6) is 0 Å². The van der Waals surface area contributed by atoms with Gasteiger partial charge in [-0.25, -0.2) is 0 Å². The number of nitrogen functional groups attached to an aromatic ring is 1. The van der Waals surface area contributed by atoms with Crippen LogP contribution in [-0.2, 0) is 13.5 Å². The van der Waals surface area contributed by atoms with Crippen molar-refractivity contribution in [3.05, 3.63) is 65.4 Å². The molecule has 1 aliphatic heterocycles. The zero-order valence-electron chi connectivity index (χ0n) is 13.0. The van der Waals surface area contributed by atoms with Crippen LogP contribution in [0, 0.1) is 0 Å². The number of nitrogens with zero attached hydrogens (tertiary/aromatic N) is 1. The molecule has 1 unspecified atom stereocenters. The molecule has 1 aliphatic rings. The highest BCUT2D eigenvalue weighted by molar-refractivity contribution is 6.05. The number of fused-ring (bicyclic) bond motifs is 3. The third-order valence-corrected chi connectivity index (χ3v) is 4.75. The van der Waals surface area contributed by atoms with Gasteiger partial charge in [0.05, 0.1) is 0 Å². The number of anilines is 1. The maximum absolute atomic E-state index is 13.1. The van der Waals surface area contributed by atoms with Crippen molar-refractivity contribution >= 4 is 22.4 Å². The monoisotopic (exact) mass is 305 g/mol. The van der Waals surface area contributed by atoms with E-state index in [0.717, 1.165) is 18.7 Å². The van der Waals surface area contributed by atoms with E-state index in [0.29, 0.717) is 11.3 Å². The van der Waals surface area contributed by atoms with Crippen molar-refractivity contribution in [3.8, 4) is 0 Å². The lowest BCUT2D eigenvalue weighted by molar-refractivity contribution is 0.0937. The summed E-state index contributed by atoms with van der Waals surface area (Å²) in [6, 6.07) is 15.3. The fraction of sp³-hybridized carbons (Fsp3) is 0.211. The number of Topliss-reactive ketones (excluding diaryl/α,β-unsaturated/α-hetero) is 1. The molecule has 2 aromatic carbocycles. The van der Waals surface area contributed by atoms with Crippen LogP contribution in [0.2, 0.25) is 0 Å². The Morgan fingerprint density at radius 1 is 1.17 bits per heavy atom. The number of benzene rings is 2. The summed E-state index contributed by atoms with van der Waals surface area (Å²) in [5.74, 6) is 0.0370. The van der Waals surface area contributed by atoms with E-state index >= 15 is 0 Å². The summed E-state index contributed by atoms with van der Waals surface area (Å²) in [7, 11) is 2.03. The molecule has 0 bridgehead atoms. The van der Waals surface area contributed by atoms with Crippen LogP contribution in [0.3, 0.4) is 0 Å². The Balaban J connectivity index is 1.88. The Bertz CT molecular complexity index is 910. The maximum atomic E-state index is 13.1. The van der Waals surface area contributed by atoms with Gasteiger partial charge < -0.3 is 15.6 Å². The molecule has 2 heterocycles. The Hall–Kier alpha value is -2.59. The van der Waals surface area contributed by atoms with Crippen LogP contribution in [-0.4, -0.2) is 16.9 Å². The number of carbonyl (C=O) groups is 1. The topological polar surface area (TPSA) is 60.0 Å². The minimum atomic E-state index is -0.346. The fourth-order valence-electron chi connectivity index (χ4n) is 3.65. The van der Waals surface area contributed by atoms with Gasteiger partial charge in [-0.1, -0.05) is 30.3 Å². The van der Waals surface area contributed by atoms with E-state index in [1.807, 2.05) is 25.2 Å². The van der Waals surface area contributed by atoms with Gasteiger partial charge in [-0.2, -0.15) is 0 Å². The Kier molecular flexibility index (Phi) is 3.20. The summed E-state index contributed by atoms with van der Waals surface area (Å²) in [4.78, 5) is 13.1. The summed E-state index contributed by atoms with van der Waals surface area (Å²) >= 11 is 0. The molecule has 4 rings (SSSR count). The molecular formula is C19H19N3O. The molecule has 116 valence electrons. The lowest BCUT2D eigenvalue weighted by Crippen LogP contribution is -2.36. The highest BCUT2D eigenvalue weighted by atomic mass is 16.1. The second-order valence-electron chi connectivity index (χ2n) is 6.03. The smallest absolute Gasteiger partial charge is 0.187 e. The first-order chi connectivity index (χ1) is 11.2. The Morgan fingerprint density at radius 2 is 1.91 bits per heavy atom. The van der Waals surface area contributed by atoms with Crippen molar-refractivity contribution in [1.82, 2.24) is 9.88 Å². The molecule has 4 nitrogen and oxygen atoms in total. The van der Waals surface area contributed by atoms with Gasteiger partial charge in [0.25, 0.3) is 0 Å². The van der Waals surface area contributed by atoms with Crippen molar-refractivity contribution in [2.75, 3.05) is 12.3 Å². The van der Waals surface area contributed by atoms with Gasteiger partial charge in [0.15, 0.2) is 5.78 Å². The maximum Gasteiger partial charge on any atom is 0.187 e. The molecule has 0 amide bonds. The Morgan fingerprint density at radius 3 is 2.74 bits per heavy atom. The van der Waals surface area contributed by atoms with E-state index in [1.165, 1.54) is 16.5 Å². The van der Waals surface area contributed by atoms with Crippen molar-refractivity contribution < 1.29 is 4.79 Å². The highest BCUT2D eigenvalue weighted by Crippen LogP contribution is 2.34. The number of hydrogen-bond acceptors (Lipinski definition) is 3. The fourth-order valence-corrected chi connectivity index (χ4v) is 3.65. The average molecular weight is 305 g/mol. The second kappa shape index (κ2) is 5.25. The number of rotatable bonds is 2. The van der Waals surface area contributed by atoms with Gasteiger partial charge in [0.1, 0.15) is 6.04 Å². The molecule has 0 aliphatic carbocycles. The number of nitrogens with two attached hydrogens (primary N) is 1. The number of carbonyl (C=O) groups excluding carboxylic acids is 1. The van der Waals surface area contributed by atoms with Crippen LogP contribution in [0.25, 0.3) is 10.9 Å². The lowest BCUT2D eigenvalue weighted by Gasteiger charge is -2.25. The first-order valence-corrected chi connectivity index (χ1v) is 7.87. The zero-order valence-corrected chi connectivity index (χ0v) is 13.0. The molecule has 23 heavy (non-hydrogen) atoms. The van der Waals surface area contributed by atoms with Gasteiger partial charge in [-0.3, -0.25) is 4.79 Å². The summed E-state index contributed by atoms with van der Waals surface area (Å²) in [6.07, 6.45) is 0.935. The summed E-state index contributed by atoms with van der Waals surface area (Å²) < 4.78 is 2.14. The van der Waals surface area contributed by atoms with Crippen molar-refractivity contribution in [3.63, 3.8) is 0 Å². The summed E-state index contributed by atoms with van der Waals surface area (Å²) in [5.41, 5.74) is 10.6. The van der Waals surface area contributed by atoms with Gasteiger partial charge in [0.2, 0.25) is 0 Å². The van der Waals surface area contributed by atoms with Crippen molar-refractivity contribution in [2.45, 2.75) is 12.5 Å². The van der Waals surface area contributed by atoms with Crippen molar-refractivity contribution in [1.29, 1.82) is 0 Å².